The quantitative estimate of drug-likeness (QED) is 0.202. The Morgan fingerprint density at radius 1 is 0.413 bits per heavy atom. The second kappa shape index (κ2) is 11.6. The third kappa shape index (κ3) is 4.99. The van der Waals surface area contributed by atoms with Gasteiger partial charge in [0.05, 0.1) is 22.8 Å². The van der Waals surface area contributed by atoms with Crippen LogP contribution in [-0.4, -0.2) is 9.97 Å². The molecular formula is C43H27N3. The van der Waals surface area contributed by atoms with Crippen LogP contribution in [0, 0.1) is 11.3 Å². The Morgan fingerprint density at radius 3 is 1.74 bits per heavy atom. The van der Waals surface area contributed by atoms with Crippen LogP contribution in [0.3, 0.4) is 0 Å². The van der Waals surface area contributed by atoms with Gasteiger partial charge in [0.2, 0.25) is 0 Å². The van der Waals surface area contributed by atoms with Crippen LogP contribution in [0.25, 0.3) is 77.7 Å². The van der Waals surface area contributed by atoms with Gasteiger partial charge in [-0.05, 0) is 62.4 Å². The number of fused-ring (bicyclic) bond motifs is 2. The molecule has 0 fully saturated rings. The van der Waals surface area contributed by atoms with Crippen LogP contribution in [0.1, 0.15) is 5.56 Å². The number of nitriles is 1. The van der Waals surface area contributed by atoms with Gasteiger partial charge in [-0.25, -0.2) is 9.97 Å². The number of aromatic nitrogens is 2. The highest BCUT2D eigenvalue weighted by Gasteiger charge is 2.15. The summed E-state index contributed by atoms with van der Waals surface area (Å²) in [4.78, 5) is 10.0. The summed E-state index contributed by atoms with van der Waals surface area (Å²) in [6.07, 6.45) is 0. The van der Waals surface area contributed by atoms with Gasteiger partial charge in [0.25, 0.3) is 0 Å². The van der Waals surface area contributed by atoms with Crippen molar-refractivity contribution in [1.82, 2.24) is 9.97 Å². The van der Waals surface area contributed by atoms with Gasteiger partial charge in [-0.3, -0.25) is 0 Å². The first kappa shape index (κ1) is 27.2. The average Bonchev–Trinajstić information content (AvgIpc) is 3.14. The SMILES string of the molecule is N#Cc1ccc(-c2ccc(-c3c(-c4ccc(-c5nc(-c6ccccc6)c6ccccc6n5)cc4)ccc4ccccc34)cc2)cc1. The highest BCUT2D eigenvalue weighted by Crippen LogP contribution is 2.39. The molecule has 0 spiro atoms. The van der Waals surface area contributed by atoms with Crippen LogP contribution in [0.4, 0.5) is 0 Å². The fraction of sp³-hybridized carbons (Fsp3) is 0. The highest BCUT2D eigenvalue weighted by atomic mass is 14.9. The number of benzene rings is 7. The molecule has 0 amide bonds. The zero-order chi connectivity index (χ0) is 30.9. The Hall–Kier alpha value is -6.37. The molecule has 0 saturated heterocycles. The van der Waals surface area contributed by atoms with E-state index in [2.05, 4.69) is 115 Å². The second-order valence-electron chi connectivity index (χ2n) is 11.3. The van der Waals surface area contributed by atoms with E-state index in [1.165, 1.54) is 21.9 Å². The van der Waals surface area contributed by atoms with E-state index in [4.69, 9.17) is 9.97 Å². The van der Waals surface area contributed by atoms with E-state index < -0.39 is 0 Å². The summed E-state index contributed by atoms with van der Waals surface area (Å²) in [7, 11) is 0. The van der Waals surface area contributed by atoms with Gasteiger partial charge in [0, 0.05) is 16.5 Å². The zero-order valence-electron chi connectivity index (χ0n) is 24.9. The van der Waals surface area contributed by atoms with Gasteiger partial charge in [-0.15, -0.1) is 0 Å². The van der Waals surface area contributed by atoms with Crippen LogP contribution < -0.4 is 0 Å². The number of rotatable bonds is 5. The van der Waals surface area contributed by atoms with E-state index >= 15 is 0 Å². The van der Waals surface area contributed by atoms with Gasteiger partial charge in [0.1, 0.15) is 0 Å². The molecule has 8 rings (SSSR count). The molecular weight excluding hydrogens is 558 g/mol. The molecule has 0 aliphatic carbocycles. The molecule has 46 heavy (non-hydrogen) atoms. The first-order valence-electron chi connectivity index (χ1n) is 15.3. The summed E-state index contributed by atoms with van der Waals surface area (Å²) in [5.74, 6) is 0.709. The highest BCUT2D eigenvalue weighted by molar-refractivity contribution is 6.04. The molecule has 0 N–H and O–H groups in total. The molecule has 0 aliphatic heterocycles. The minimum Gasteiger partial charge on any atom is -0.228 e. The minimum atomic E-state index is 0.663. The standard InChI is InChI=1S/C43H27N3/c44-28-29-14-16-30(17-15-29)31-18-22-34(23-19-31)41-37-11-5-4-8-32(37)26-27-38(41)33-20-24-36(25-21-33)43-45-40-13-7-6-12-39(40)42(46-43)35-9-2-1-3-10-35/h1-27H. The molecule has 0 aliphatic rings. The lowest BCUT2D eigenvalue weighted by Gasteiger charge is -2.15. The Balaban J connectivity index is 1.21. The van der Waals surface area contributed by atoms with Crippen molar-refractivity contribution < 1.29 is 0 Å². The molecule has 3 nitrogen and oxygen atoms in total. The van der Waals surface area contributed by atoms with Crippen molar-refractivity contribution in [3.63, 3.8) is 0 Å². The third-order valence-electron chi connectivity index (χ3n) is 8.55. The lowest BCUT2D eigenvalue weighted by Crippen LogP contribution is -1.95. The number of hydrogen-bond acceptors (Lipinski definition) is 3. The molecule has 0 unspecified atom stereocenters. The lowest BCUT2D eigenvalue weighted by atomic mass is 9.89. The Morgan fingerprint density at radius 2 is 1.00 bits per heavy atom. The zero-order valence-corrected chi connectivity index (χ0v) is 24.9. The van der Waals surface area contributed by atoms with Crippen molar-refractivity contribution in [2.24, 2.45) is 0 Å². The van der Waals surface area contributed by atoms with Crippen molar-refractivity contribution in [3.8, 4) is 62.1 Å². The van der Waals surface area contributed by atoms with Crippen LogP contribution in [0.5, 0.6) is 0 Å². The van der Waals surface area contributed by atoms with Gasteiger partial charge in [-0.2, -0.15) is 5.26 Å². The van der Waals surface area contributed by atoms with E-state index in [9.17, 15) is 5.26 Å². The van der Waals surface area contributed by atoms with Crippen molar-refractivity contribution >= 4 is 21.7 Å². The molecule has 214 valence electrons. The average molecular weight is 586 g/mol. The smallest absolute Gasteiger partial charge is 0.160 e. The van der Waals surface area contributed by atoms with Crippen molar-refractivity contribution in [3.05, 3.63) is 169 Å². The Labute approximate surface area is 267 Å². The molecule has 7 aromatic carbocycles. The maximum Gasteiger partial charge on any atom is 0.160 e. The van der Waals surface area contributed by atoms with Crippen LogP contribution >= 0.6 is 0 Å². The Bertz CT molecular complexity index is 2390. The fourth-order valence-electron chi connectivity index (χ4n) is 6.21. The van der Waals surface area contributed by atoms with Gasteiger partial charge in [-0.1, -0.05) is 146 Å². The first-order valence-corrected chi connectivity index (χ1v) is 15.3. The second-order valence-corrected chi connectivity index (χ2v) is 11.3. The molecule has 0 saturated carbocycles. The fourth-order valence-corrected chi connectivity index (χ4v) is 6.21. The van der Waals surface area contributed by atoms with Crippen molar-refractivity contribution in [2.45, 2.75) is 0 Å². The van der Waals surface area contributed by atoms with Crippen LogP contribution in [-0.2, 0) is 0 Å². The molecule has 8 aromatic rings. The van der Waals surface area contributed by atoms with E-state index in [-0.39, 0.29) is 0 Å². The molecule has 0 atom stereocenters. The predicted molar refractivity (Wildman–Crippen MR) is 189 cm³/mol. The van der Waals surface area contributed by atoms with Crippen molar-refractivity contribution in [1.29, 1.82) is 5.26 Å². The van der Waals surface area contributed by atoms with E-state index in [1.807, 2.05) is 54.6 Å². The summed E-state index contributed by atoms with van der Waals surface area (Å²) in [6.45, 7) is 0. The minimum absolute atomic E-state index is 0.663. The lowest BCUT2D eigenvalue weighted by molar-refractivity contribution is 1.23. The Kier molecular flexibility index (Phi) is 6.87. The van der Waals surface area contributed by atoms with Crippen molar-refractivity contribution in [2.75, 3.05) is 0 Å². The molecule has 0 radical (unpaired) electrons. The summed E-state index contributed by atoms with van der Waals surface area (Å²) in [5, 5.41) is 12.6. The van der Waals surface area contributed by atoms with E-state index in [0.29, 0.717) is 11.4 Å². The van der Waals surface area contributed by atoms with Crippen LogP contribution in [0.15, 0.2) is 164 Å². The normalized spacial score (nSPS) is 11.0. The number of hydrogen-bond donors (Lipinski definition) is 0. The topological polar surface area (TPSA) is 49.6 Å². The van der Waals surface area contributed by atoms with Gasteiger partial charge in [0.15, 0.2) is 5.82 Å². The van der Waals surface area contributed by atoms with Crippen LogP contribution in [0.2, 0.25) is 0 Å². The summed E-state index contributed by atoms with van der Waals surface area (Å²) in [6, 6.07) is 58.7. The summed E-state index contributed by atoms with van der Waals surface area (Å²) < 4.78 is 0. The molecule has 3 heteroatoms. The van der Waals surface area contributed by atoms with E-state index in [1.54, 1.807) is 0 Å². The molecule has 0 bridgehead atoms. The third-order valence-corrected chi connectivity index (χ3v) is 8.55. The summed E-state index contributed by atoms with van der Waals surface area (Å²) >= 11 is 0. The largest absolute Gasteiger partial charge is 0.228 e. The monoisotopic (exact) mass is 585 g/mol. The maximum absolute atomic E-state index is 9.18. The maximum atomic E-state index is 9.18. The van der Waals surface area contributed by atoms with Gasteiger partial charge >= 0.3 is 0 Å². The molecule has 1 heterocycles. The predicted octanol–water partition coefficient (Wildman–Crippen LogP) is 11.0. The molecule has 1 aromatic heterocycles. The number of nitrogens with zero attached hydrogens (tertiary/aromatic N) is 3. The van der Waals surface area contributed by atoms with E-state index in [0.717, 1.165) is 50.0 Å². The summed E-state index contributed by atoms with van der Waals surface area (Å²) in [5.41, 5.74) is 11.4. The van der Waals surface area contributed by atoms with Gasteiger partial charge < -0.3 is 0 Å². The first-order chi connectivity index (χ1) is 22.7. The number of para-hydroxylation sites is 1.